The van der Waals surface area contributed by atoms with Crippen molar-refractivity contribution in [3.63, 3.8) is 0 Å². The van der Waals surface area contributed by atoms with Crippen molar-refractivity contribution in [2.24, 2.45) is 0 Å². The van der Waals surface area contributed by atoms with Crippen molar-refractivity contribution in [1.29, 1.82) is 0 Å². The van der Waals surface area contributed by atoms with Crippen molar-refractivity contribution < 1.29 is 14.3 Å². The molecule has 2 aromatic carbocycles. The highest BCUT2D eigenvalue weighted by molar-refractivity contribution is 7.99. The fourth-order valence-corrected chi connectivity index (χ4v) is 5.61. The van der Waals surface area contributed by atoms with Gasteiger partial charge in [0.05, 0.1) is 5.57 Å². The lowest BCUT2D eigenvalue weighted by Crippen LogP contribution is -2.36. The summed E-state index contributed by atoms with van der Waals surface area (Å²) in [4.78, 5) is 29.1. The average Bonchev–Trinajstić information content (AvgIpc) is 2.86. The molecule has 1 heterocycles. The third-order valence-electron chi connectivity index (χ3n) is 6.80. The second-order valence-corrected chi connectivity index (χ2v) is 11.2. The van der Waals surface area contributed by atoms with Gasteiger partial charge in [-0.05, 0) is 60.4 Å². The number of allylic oxidation sites excluding steroid dienone is 3. The summed E-state index contributed by atoms with van der Waals surface area (Å²) in [6.07, 6.45) is 1.09. The van der Waals surface area contributed by atoms with Gasteiger partial charge in [-0.3, -0.25) is 4.79 Å². The first kappa shape index (κ1) is 26.4. The molecule has 1 N–H and O–H groups in total. The van der Waals surface area contributed by atoms with E-state index >= 15 is 0 Å². The van der Waals surface area contributed by atoms with Crippen molar-refractivity contribution in [3.05, 3.63) is 87.2 Å². The molecule has 0 fully saturated rings. The van der Waals surface area contributed by atoms with Gasteiger partial charge in [0.2, 0.25) is 0 Å². The Labute approximate surface area is 222 Å². The molecule has 2 aromatic rings. The Morgan fingerprint density at radius 1 is 1.08 bits per heavy atom. The fourth-order valence-electron chi connectivity index (χ4n) is 4.99. The third kappa shape index (κ3) is 5.65. The van der Waals surface area contributed by atoms with Crippen LogP contribution in [-0.2, 0) is 14.3 Å². The Morgan fingerprint density at radius 2 is 1.75 bits per heavy atom. The molecule has 0 bridgehead atoms. The van der Waals surface area contributed by atoms with Gasteiger partial charge in [0, 0.05) is 59.9 Å². The molecular weight excluding hydrogens is 492 g/mol. The van der Waals surface area contributed by atoms with Crippen LogP contribution in [0.3, 0.4) is 0 Å². The van der Waals surface area contributed by atoms with Gasteiger partial charge in [-0.1, -0.05) is 42.8 Å². The largest absolute Gasteiger partial charge is 0.461 e. The molecule has 7 heteroatoms. The quantitative estimate of drug-likeness (QED) is 0.334. The normalized spacial score (nSPS) is 19.6. The van der Waals surface area contributed by atoms with Crippen LogP contribution < -0.4 is 10.2 Å². The van der Waals surface area contributed by atoms with E-state index in [2.05, 4.69) is 12.2 Å². The molecule has 0 aromatic heterocycles. The smallest absolute Gasteiger partial charge is 0.336 e. The number of hydrogen-bond acceptors (Lipinski definition) is 6. The van der Waals surface area contributed by atoms with Gasteiger partial charge in [-0.2, -0.15) is 11.8 Å². The summed E-state index contributed by atoms with van der Waals surface area (Å²) in [5.74, 6) is 1.02. The molecule has 0 amide bonds. The summed E-state index contributed by atoms with van der Waals surface area (Å²) in [5.41, 5.74) is 5.90. The van der Waals surface area contributed by atoms with E-state index < -0.39 is 5.92 Å². The molecule has 0 unspecified atom stereocenters. The number of carbonyl (C=O) groups is 2. The van der Waals surface area contributed by atoms with Crippen LogP contribution in [0.25, 0.3) is 0 Å². The second-order valence-electron chi connectivity index (χ2n) is 9.39. The zero-order valence-corrected chi connectivity index (χ0v) is 22.8. The Bertz CT molecular complexity index is 1190. The zero-order chi connectivity index (χ0) is 25.8. The van der Waals surface area contributed by atoms with E-state index in [4.69, 9.17) is 16.3 Å². The van der Waals surface area contributed by atoms with E-state index in [-0.39, 0.29) is 17.7 Å². The molecule has 0 saturated heterocycles. The number of benzene rings is 2. The van der Waals surface area contributed by atoms with Crippen LogP contribution in [-0.4, -0.2) is 44.0 Å². The Morgan fingerprint density at radius 3 is 2.39 bits per heavy atom. The summed E-state index contributed by atoms with van der Waals surface area (Å²) >= 11 is 7.81. The van der Waals surface area contributed by atoms with E-state index in [9.17, 15) is 9.59 Å². The number of Topliss-reactive ketones (excluding diaryl/α,β-unsaturated/α-hetero) is 1. The minimum Gasteiger partial charge on any atom is -0.461 e. The molecule has 5 nitrogen and oxygen atoms in total. The number of nitrogens with zero attached hydrogens (tertiary/aromatic N) is 1. The van der Waals surface area contributed by atoms with Gasteiger partial charge in [-0.15, -0.1) is 0 Å². The summed E-state index contributed by atoms with van der Waals surface area (Å²) in [7, 11) is 3.98. The number of nitrogens with one attached hydrogen (secondary N) is 1. The number of esters is 1. The van der Waals surface area contributed by atoms with Crippen LogP contribution in [0.5, 0.6) is 0 Å². The monoisotopic (exact) mass is 524 g/mol. The lowest BCUT2D eigenvalue weighted by atomic mass is 9.71. The number of hydrogen-bond donors (Lipinski definition) is 1. The van der Waals surface area contributed by atoms with E-state index in [1.54, 1.807) is 11.8 Å². The number of ether oxygens (including phenoxy) is 1. The molecular formula is C29H33ClN2O3S. The summed E-state index contributed by atoms with van der Waals surface area (Å²) in [5, 5.41) is 4.10. The van der Waals surface area contributed by atoms with Gasteiger partial charge in [-0.25, -0.2) is 4.79 Å². The van der Waals surface area contributed by atoms with Crippen molar-refractivity contribution in [2.45, 2.75) is 38.5 Å². The predicted molar refractivity (Wildman–Crippen MR) is 149 cm³/mol. The number of anilines is 1. The molecule has 1 aliphatic heterocycles. The summed E-state index contributed by atoms with van der Waals surface area (Å²) < 4.78 is 5.67. The van der Waals surface area contributed by atoms with Gasteiger partial charge >= 0.3 is 5.97 Å². The van der Waals surface area contributed by atoms with Crippen LogP contribution in [0.1, 0.15) is 49.7 Å². The standard InChI is InChI=1S/C29H33ClN2O3S/c1-5-36-15-14-35-29(34)26-18(2)31-24-16-21(19-6-10-22(30)11-7-19)17-25(33)28(24)27(26)20-8-12-23(13-9-20)32(3)4/h6-13,21,27,31H,5,14-17H2,1-4H3/t21-,27-/m0/s1. The molecule has 190 valence electrons. The number of dihydropyridines is 1. The van der Waals surface area contributed by atoms with E-state index in [1.807, 2.05) is 74.4 Å². The van der Waals surface area contributed by atoms with Crippen LogP contribution >= 0.6 is 23.4 Å². The van der Waals surface area contributed by atoms with Gasteiger partial charge in [0.25, 0.3) is 0 Å². The van der Waals surface area contributed by atoms with Crippen molar-refractivity contribution in [1.82, 2.24) is 5.32 Å². The molecule has 0 spiro atoms. The van der Waals surface area contributed by atoms with Crippen molar-refractivity contribution in [2.75, 3.05) is 37.1 Å². The summed E-state index contributed by atoms with van der Waals surface area (Å²) in [6.45, 7) is 4.33. The Kier molecular flexibility index (Phi) is 8.47. The maximum absolute atomic E-state index is 13.7. The van der Waals surface area contributed by atoms with Crippen LogP contribution in [0.4, 0.5) is 5.69 Å². The van der Waals surface area contributed by atoms with Crippen molar-refractivity contribution in [3.8, 4) is 0 Å². The molecule has 4 rings (SSSR count). The SMILES string of the molecule is CCSCCOC(=O)C1=C(C)NC2=C(C(=O)C[C@@H](c3ccc(Cl)cc3)C2)[C@H]1c1ccc(N(C)C)cc1. The molecule has 2 atom stereocenters. The van der Waals surface area contributed by atoms with E-state index in [1.165, 1.54) is 0 Å². The van der Waals surface area contributed by atoms with Crippen LogP contribution in [0.2, 0.25) is 5.02 Å². The van der Waals surface area contributed by atoms with E-state index in [0.29, 0.717) is 35.6 Å². The molecule has 1 aliphatic carbocycles. The zero-order valence-electron chi connectivity index (χ0n) is 21.3. The highest BCUT2D eigenvalue weighted by Crippen LogP contribution is 2.46. The molecule has 0 saturated carbocycles. The topological polar surface area (TPSA) is 58.6 Å². The van der Waals surface area contributed by atoms with Gasteiger partial charge < -0.3 is 15.0 Å². The Balaban J connectivity index is 1.71. The number of rotatable bonds is 8. The van der Waals surface area contributed by atoms with Gasteiger partial charge in [0.15, 0.2) is 5.78 Å². The molecule has 2 aliphatic rings. The van der Waals surface area contributed by atoms with Gasteiger partial charge in [0.1, 0.15) is 6.61 Å². The van der Waals surface area contributed by atoms with Crippen molar-refractivity contribution >= 4 is 40.8 Å². The van der Waals surface area contributed by atoms with Crippen LogP contribution in [0, 0.1) is 0 Å². The lowest BCUT2D eigenvalue weighted by molar-refractivity contribution is -0.138. The first-order chi connectivity index (χ1) is 17.3. The highest BCUT2D eigenvalue weighted by Gasteiger charge is 2.41. The fraction of sp³-hybridized carbons (Fsp3) is 0.379. The number of halogens is 1. The molecule has 0 radical (unpaired) electrons. The number of carbonyl (C=O) groups excluding carboxylic acids is 2. The minimum absolute atomic E-state index is 0.0599. The van der Waals surface area contributed by atoms with E-state index in [0.717, 1.165) is 39.7 Å². The first-order valence-corrected chi connectivity index (χ1v) is 13.8. The maximum Gasteiger partial charge on any atom is 0.336 e. The first-order valence-electron chi connectivity index (χ1n) is 12.3. The minimum atomic E-state index is -0.456. The maximum atomic E-state index is 13.7. The second kappa shape index (κ2) is 11.6. The average molecular weight is 525 g/mol. The lowest BCUT2D eigenvalue weighted by Gasteiger charge is -2.36. The van der Waals surface area contributed by atoms with Crippen LogP contribution in [0.15, 0.2) is 71.1 Å². The summed E-state index contributed by atoms with van der Waals surface area (Å²) in [6, 6.07) is 15.8. The highest BCUT2D eigenvalue weighted by atomic mass is 35.5. The predicted octanol–water partition coefficient (Wildman–Crippen LogP) is 6.06. The third-order valence-corrected chi connectivity index (χ3v) is 7.91. The number of thioether (sulfide) groups is 1. The Hall–Kier alpha value is -2.70. The number of ketones is 1. The molecule has 36 heavy (non-hydrogen) atoms.